The quantitative estimate of drug-likeness (QED) is 0.429. The molecule has 34 heavy (non-hydrogen) atoms. The van der Waals surface area contributed by atoms with Crippen molar-refractivity contribution in [3.8, 4) is 11.5 Å². The molecule has 1 aromatic heterocycles. The standard InChI is InChI=1S/C26H23FN4O3/c1-31(26(33)21-5-3-2-4-6-21)16-15-23-29-25(34-30-23)20-11-9-19(10-12-20)24(32)28-17-18-7-13-22(27)14-8-18/h2-14H,15-17H2,1H3,(H,28,32). The summed E-state index contributed by atoms with van der Waals surface area (Å²) in [7, 11) is 1.73. The highest BCUT2D eigenvalue weighted by atomic mass is 19.1. The van der Waals surface area contributed by atoms with Gasteiger partial charge in [-0.15, -0.1) is 0 Å². The van der Waals surface area contributed by atoms with E-state index in [1.807, 2.05) is 18.2 Å². The predicted octanol–water partition coefficient (Wildman–Crippen LogP) is 4.12. The summed E-state index contributed by atoms with van der Waals surface area (Å²) in [6, 6.07) is 21.8. The van der Waals surface area contributed by atoms with Gasteiger partial charge in [-0.25, -0.2) is 4.39 Å². The Bertz CT molecular complexity index is 1260. The molecule has 0 bridgehead atoms. The molecule has 8 heteroatoms. The molecule has 0 atom stereocenters. The summed E-state index contributed by atoms with van der Waals surface area (Å²) >= 11 is 0. The van der Waals surface area contributed by atoms with Crippen molar-refractivity contribution < 1.29 is 18.5 Å². The fourth-order valence-corrected chi connectivity index (χ4v) is 3.29. The number of likely N-dealkylation sites (N-methyl/N-ethyl adjacent to an activating group) is 1. The van der Waals surface area contributed by atoms with Gasteiger partial charge in [0.15, 0.2) is 5.82 Å². The zero-order valence-corrected chi connectivity index (χ0v) is 18.6. The van der Waals surface area contributed by atoms with Gasteiger partial charge < -0.3 is 14.7 Å². The van der Waals surface area contributed by atoms with Crippen molar-refractivity contribution in [2.24, 2.45) is 0 Å². The second kappa shape index (κ2) is 10.5. The maximum absolute atomic E-state index is 13.0. The summed E-state index contributed by atoms with van der Waals surface area (Å²) in [5.41, 5.74) is 2.59. The van der Waals surface area contributed by atoms with Gasteiger partial charge in [0, 0.05) is 43.2 Å². The number of amides is 2. The molecule has 4 rings (SSSR count). The predicted molar refractivity (Wildman–Crippen MR) is 124 cm³/mol. The third-order valence-electron chi connectivity index (χ3n) is 5.27. The third kappa shape index (κ3) is 5.72. The maximum Gasteiger partial charge on any atom is 0.257 e. The van der Waals surface area contributed by atoms with Gasteiger partial charge in [0.1, 0.15) is 5.82 Å². The van der Waals surface area contributed by atoms with Crippen LogP contribution in [-0.2, 0) is 13.0 Å². The number of nitrogens with zero attached hydrogens (tertiary/aromatic N) is 3. The van der Waals surface area contributed by atoms with Crippen LogP contribution in [0.4, 0.5) is 4.39 Å². The first-order chi connectivity index (χ1) is 16.5. The lowest BCUT2D eigenvalue weighted by atomic mass is 10.1. The molecule has 7 nitrogen and oxygen atoms in total. The highest BCUT2D eigenvalue weighted by Crippen LogP contribution is 2.18. The number of halogens is 1. The first-order valence-electron chi connectivity index (χ1n) is 10.8. The van der Waals surface area contributed by atoms with E-state index >= 15 is 0 Å². The Kier molecular flexibility index (Phi) is 7.07. The van der Waals surface area contributed by atoms with E-state index in [2.05, 4.69) is 15.5 Å². The fraction of sp³-hybridized carbons (Fsp3) is 0.154. The van der Waals surface area contributed by atoms with E-state index in [-0.39, 0.29) is 17.6 Å². The molecule has 0 aliphatic carbocycles. The van der Waals surface area contributed by atoms with Crippen molar-refractivity contribution >= 4 is 11.8 Å². The lowest BCUT2D eigenvalue weighted by Gasteiger charge is -2.15. The Morgan fingerprint density at radius 2 is 1.65 bits per heavy atom. The molecule has 4 aromatic rings. The van der Waals surface area contributed by atoms with Gasteiger partial charge >= 0.3 is 0 Å². The molecule has 0 aliphatic rings. The van der Waals surface area contributed by atoms with Crippen molar-refractivity contribution in [3.63, 3.8) is 0 Å². The summed E-state index contributed by atoms with van der Waals surface area (Å²) < 4.78 is 18.3. The zero-order chi connectivity index (χ0) is 23.9. The second-order valence-corrected chi connectivity index (χ2v) is 7.74. The van der Waals surface area contributed by atoms with Gasteiger partial charge in [-0.3, -0.25) is 9.59 Å². The summed E-state index contributed by atoms with van der Waals surface area (Å²) in [4.78, 5) is 30.8. The van der Waals surface area contributed by atoms with E-state index in [9.17, 15) is 14.0 Å². The molecule has 172 valence electrons. The minimum Gasteiger partial charge on any atom is -0.348 e. The van der Waals surface area contributed by atoms with Crippen molar-refractivity contribution in [3.05, 3.63) is 107 Å². The topological polar surface area (TPSA) is 88.3 Å². The van der Waals surface area contributed by atoms with Crippen LogP contribution in [0.15, 0.2) is 83.4 Å². The number of benzene rings is 3. The summed E-state index contributed by atoms with van der Waals surface area (Å²) in [6.45, 7) is 0.745. The van der Waals surface area contributed by atoms with Crippen molar-refractivity contribution in [1.82, 2.24) is 20.4 Å². The van der Waals surface area contributed by atoms with Crippen LogP contribution in [-0.4, -0.2) is 40.4 Å². The van der Waals surface area contributed by atoms with Crippen LogP contribution >= 0.6 is 0 Å². The molecule has 0 unspecified atom stereocenters. The maximum atomic E-state index is 13.0. The monoisotopic (exact) mass is 458 g/mol. The number of hydrogen-bond acceptors (Lipinski definition) is 5. The molecule has 0 spiro atoms. The molecule has 0 aliphatic heterocycles. The van der Waals surface area contributed by atoms with Crippen LogP contribution in [0.1, 0.15) is 32.1 Å². The zero-order valence-electron chi connectivity index (χ0n) is 18.6. The van der Waals surface area contributed by atoms with Crippen LogP contribution in [0, 0.1) is 5.82 Å². The Balaban J connectivity index is 1.31. The largest absolute Gasteiger partial charge is 0.348 e. The Morgan fingerprint density at radius 3 is 2.35 bits per heavy atom. The van der Waals surface area contributed by atoms with E-state index in [1.165, 1.54) is 12.1 Å². The van der Waals surface area contributed by atoms with Gasteiger partial charge in [0.2, 0.25) is 0 Å². The smallest absolute Gasteiger partial charge is 0.257 e. The Hall–Kier alpha value is -4.33. The van der Waals surface area contributed by atoms with Gasteiger partial charge in [-0.1, -0.05) is 35.5 Å². The molecule has 1 heterocycles. The van der Waals surface area contributed by atoms with Gasteiger partial charge in [-0.05, 0) is 54.1 Å². The van der Waals surface area contributed by atoms with Gasteiger partial charge in [0.05, 0.1) is 0 Å². The Morgan fingerprint density at radius 1 is 0.941 bits per heavy atom. The molecule has 0 fully saturated rings. The second-order valence-electron chi connectivity index (χ2n) is 7.74. The number of rotatable bonds is 8. The average molecular weight is 458 g/mol. The van der Waals surface area contributed by atoms with E-state index in [4.69, 9.17) is 4.52 Å². The number of aromatic nitrogens is 2. The van der Waals surface area contributed by atoms with Crippen molar-refractivity contribution in [2.45, 2.75) is 13.0 Å². The molecule has 0 radical (unpaired) electrons. The van der Waals surface area contributed by atoms with Crippen LogP contribution < -0.4 is 5.32 Å². The van der Waals surface area contributed by atoms with Gasteiger partial charge in [-0.2, -0.15) is 4.98 Å². The van der Waals surface area contributed by atoms with Crippen LogP contribution in [0.2, 0.25) is 0 Å². The van der Waals surface area contributed by atoms with E-state index < -0.39 is 0 Å². The lowest BCUT2D eigenvalue weighted by molar-refractivity contribution is 0.0795. The molecule has 0 saturated heterocycles. The van der Waals surface area contributed by atoms with Gasteiger partial charge in [0.25, 0.3) is 17.7 Å². The van der Waals surface area contributed by atoms with Crippen molar-refractivity contribution in [2.75, 3.05) is 13.6 Å². The summed E-state index contributed by atoms with van der Waals surface area (Å²) in [5.74, 6) is 0.197. The molecule has 3 aromatic carbocycles. The first kappa shape index (κ1) is 22.8. The minimum absolute atomic E-state index is 0.0717. The van der Waals surface area contributed by atoms with E-state index in [0.29, 0.717) is 47.9 Å². The SMILES string of the molecule is CN(CCc1noc(-c2ccc(C(=O)NCc3ccc(F)cc3)cc2)n1)C(=O)c1ccccc1. The summed E-state index contributed by atoms with van der Waals surface area (Å²) in [5, 5.41) is 6.79. The third-order valence-corrected chi connectivity index (χ3v) is 5.27. The fourth-order valence-electron chi connectivity index (χ4n) is 3.29. The van der Waals surface area contributed by atoms with E-state index in [1.54, 1.807) is 60.5 Å². The van der Waals surface area contributed by atoms with Crippen molar-refractivity contribution in [1.29, 1.82) is 0 Å². The number of hydrogen-bond donors (Lipinski definition) is 1. The highest BCUT2D eigenvalue weighted by Gasteiger charge is 2.14. The lowest BCUT2D eigenvalue weighted by Crippen LogP contribution is -2.29. The average Bonchev–Trinajstić information content (AvgIpc) is 3.36. The molecular formula is C26H23FN4O3. The number of nitrogens with one attached hydrogen (secondary N) is 1. The van der Waals surface area contributed by atoms with Crippen LogP contribution in [0.5, 0.6) is 0 Å². The first-order valence-corrected chi connectivity index (χ1v) is 10.8. The Labute approximate surface area is 196 Å². The molecule has 2 amide bonds. The molecule has 0 saturated carbocycles. The molecular weight excluding hydrogens is 435 g/mol. The number of carbonyl (C=O) groups is 2. The number of carbonyl (C=O) groups excluding carboxylic acids is 2. The normalized spacial score (nSPS) is 10.6. The highest BCUT2D eigenvalue weighted by molar-refractivity contribution is 5.94. The van der Waals surface area contributed by atoms with Crippen LogP contribution in [0.3, 0.4) is 0 Å². The van der Waals surface area contributed by atoms with E-state index in [0.717, 1.165) is 5.56 Å². The molecule has 1 N–H and O–H groups in total. The summed E-state index contributed by atoms with van der Waals surface area (Å²) in [6.07, 6.45) is 0.447. The minimum atomic E-state index is -0.317. The van der Waals surface area contributed by atoms with Crippen LogP contribution in [0.25, 0.3) is 11.5 Å².